The van der Waals surface area contributed by atoms with E-state index in [2.05, 4.69) is 0 Å². The quantitative estimate of drug-likeness (QED) is 0.0272. The van der Waals surface area contributed by atoms with E-state index in [1.807, 2.05) is 27.7 Å². The van der Waals surface area contributed by atoms with E-state index in [0.717, 1.165) is 20.0 Å². The van der Waals surface area contributed by atoms with Crippen LogP contribution in [0.3, 0.4) is 0 Å². The number of ether oxygens (including phenoxy) is 6. The molecule has 2 atom stereocenters. The number of esters is 5. The Morgan fingerprint density at radius 3 is 1.57 bits per heavy atom. The van der Waals surface area contributed by atoms with Crippen LogP contribution < -0.4 is 9.05 Å². The van der Waals surface area contributed by atoms with E-state index >= 15 is 0 Å². The maximum absolute atomic E-state index is 14.4. The molecule has 2 N–H and O–H groups in total. The number of hydrogen-bond acceptors (Lipinski definition) is 16. The highest BCUT2D eigenvalue weighted by Crippen LogP contribution is 2.52. The van der Waals surface area contributed by atoms with Crippen molar-refractivity contribution in [2.75, 3.05) is 52.5 Å². The summed E-state index contributed by atoms with van der Waals surface area (Å²) in [5.74, 6) is -5.57. The minimum absolute atomic E-state index is 0.00130. The SMILES string of the molecule is CCCCOC(=O)c1ccccc1OP(=O)(CC(CCOC=O)C(=O)OC)Oc1ccccc1C(=O)OCCCC.CCCOC(=O)CCC(CP(=O)(O)O)C(=O)OCCC. The van der Waals surface area contributed by atoms with Gasteiger partial charge >= 0.3 is 45.0 Å². The third-order valence-corrected chi connectivity index (χ3v) is 10.9. The van der Waals surface area contributed by atoms with Crippen molar-refractivity contribution in [3.63, 3.8) is 0 Å². The lowest BCUT2D eigenvalue weighted by molar-refractivity contribution is -0.149. The first-order valence-corrected chi connectivity index (χ1v) is 23.6. The topological polar surface area (TPSA) is 251 Å². The molecule has 2 aromatic carbocycles. The van der Waals surface area contributed by atoms with Crippen LogP contribution in [0.5, 0.6) is 11.5 Å². The summed E-state index contributed by atoms with van der Waals surface area (Å²) in [7, 11) is -7.58. The Morgan fingerprint density at radius 1 is 0.623 bits per heavy atom. The lowest BCUT2D eigenvalue weighted by atomic mass is 10.1. The first-order chi connectivity index (χ1) is 29.1. The van der Waals surface area contributed by atoms with Crippen LogP contribution in [-0.2, 0) is 56.7 Å². The molecule has 61 heavy (non-hydrogen) atoms. The maximum atomic E-state index is 14.4. The van der Waals surface area contributed by atoms with Crippen molar-refractivity contribution >= 4 is 51.5 Å². The Bertz CT molecular complexity index is 1690. The number of carbonyl (C=O) groups is 6. The molecule has 2 aromatic rings. The maximum Gasteiger partial charge on any atom is 0.431 e. The van der Waals surface area contributed by atoms with Gasteiger partial charge < -0.3 is 47.3 Å². The summed E-state index contributed by atoms with van der Waals surface area (Å²) in [4.78, 5) is 89.8. The molecule has 0 aromatic heterocycles. The summed E-state index contributed by atoms with van der Waals surface area (Å²) >= 11 is 0. The van der Waals surface area contributed by atoms with E-state index in [1.165, 1.54) is 24.3 Å². The van der Waals surface area contributed by atoms with Gasteiger partial charge in [0.2, 0.25) is 0 Å². The van der Waals surface area contributed by atoms with Crippen molar-refractivity contribution in [2.45, 2.75) is 85.5 Å². The molecule has 0 saturated carbocycles. The van der Waals surface area contributed by atoms with Crippen molar-refractivity contribution in [1.29, 1.82) is 0 Å². The number of unbranched alkanes of at least 4 members (excludes halogenated alkanes) is 2. The van der Waals surface area contributed by atoms with Gasteiger partial charge in [0.15, 0.2) is 0 Å². The average Bonchev–Trinajstić information content (AvgIpc) is 3.23. The molecule has 2 unspecified atom stereocenters. The van der Waals surface area contributed by atoms with Gasteiger partial charge in [0, 0.05) is 6.42 Å². The molecule has 0 aliphatic carbocycles. The lowest BCUT2D eigenvalue weighted by Crippen LogP contribution is -2.25. The van der Waals surface area contributed by atoms with Gasteiger partial charge in [-0.2, -0.15) is 0 Å². The molecule has 0 bridgehead atoms. The Morgan fingerprint density at radius 2 is 1.11 bits per heavy atom. The Labute approximate surface area is 356 Å². The number of benzene rings is 2. The standard InChI is InChI=1S/C29H37O11P.C12H23O7P/c1-4-6-17-37-28(32)23-12-8-10-14-25(23)39-41(34,20-22(27(31)35-3)16-19-36-21-30)40-26-15-11-9-13-24(26)29(33)38-18-7-5-2;1-3-7-18-11(13)6-5-10(9-20(15,16)17)12(14)19-8-4-2/h8-15,21-22H,4-7,16-20H2,1-3H3;10H,3-9H2,1-2H3,(H2,15,16,17). The van der Waals surface area contributed by atoms with Gasteiger partial charge in [-0.15, -0.1) is 0 Å². The van der Waals surface area contributed by atoms with Crippen molar-refractivity contribution in [2.24, 2.45) is 11.8 Å². The third-order valence-electron chi connectivity index (χ3n) is 8.19. The van der Waals surface area contributed by atoms with E-state index in [-0.39, 0.29) is 74.8 Å². The molecule has 2 rings (SSSR count). The Kier molecular flexibility index (Phi) is 26.9. The zero-order valence-corrected chi connectivity index (χ0v) is 37.3. The summed E-state index contributed by atoms with van der Waals surface area (Å²) in [5, 5.41) is 0. The molecule has 20 heteroatoms. The normalized spacial score (nSPS) is 12.0. The predicted octanol–water partition coefficient (Wildman–Crippen LogP) is 7.07. The van der Waals surface area contributed by atoms with E-state index in [4.69, 9.17) is 47.3 Å². The van der Waals surface area contributed by atoms with Crippen LogP contribution in [0.4, 0.5) is 0 Å². The van der Waals surface area contributed by atoms with E-state index in [1.54, 1.807) is 24.3 Å². The third kappa shape index (κ3) is 22.6. The van der Waals surface area contributed by atoms with E-state index in [0.29, 0.717) is 32.3 Å². The van der Waals surface area contributed by atoms with Crippen LogP contribution in [0.2, 0.25) is 0 Å². The summed E-state index contributed by atoms with van der Waals surface area (Å²) < 4.78 is 67.1. The van der Waals surface area contributed by atoms with Crippen LogP contribution >= 0.6 is 15.2 Å². The fraction of sp³-hybridized carbons (Fsp3) is 0.561. The summed E-state index contributed by atoms with van der Waals surface area (Å²) in [6.07, 6.45) is 3.01. The second kappa shape index (κ2) is 30.3. The first-order valence-electron chi connectivity index (χ1n) is 20.1. The van der Waals surface area contributed by atoms with Gasteiger partial charge in [-0.05, 0) is 62.8 Å². The molecule has 0 aliphatic rings. The van der Waals surface area contributed by atoms with Crippen molar-refractivity contribution in [3.05, 3.63) is 59.7 Å². The van der Waals surface area contributed by atoms with Crippen LogP contribution in [-0.4, -0.2) is 98.6 Å². The second-order valence-electron chi connectivity index (χ2n) is 13.4. The number of carbonyl (C=O) groups excluding carboxylic acids is 6. The monoisotopic (exact) mass is 902 g/mol. The number of methoxy groups -OCH3 is 1. The molecule has 0 fully saturated rings. The smallest absolute Gasteiger partial charge is 0.431 e. The molecule has 0 spiro atoms. The minimum Gasteiger partial charge on any atom is -0.469 e. The highest BCUT2D eigenvalue weighted by atomic mass is 31.2. The van der Waals surface area contributed by atoms with Gasteiger partial charge in [-0.1, -0.05) is 64.8 Å². The van der Waals surface area contributed by atoms with Crippen LogP contribution in [0.15, 0.2) is 48.5 Å². The van der Waals surface area contributed by atoms with Gasteiger partial charge in [-0.25, -0.2) is 14.2 Å². The zero-order valence-electron chi connectivity index (χ0n) is 35.5. The second-order valence-corrected chi connectivity index (χ2v) is 17.0. The molecule has 0 amide bonds. The predicted molar refractivity (Wildman–Crippen MR) is 221 cm³/mol. The van der Waals surface area contributed by atoms with Crippen molar-refractivity contribution < 1.29 is 85.2 Å². The van der Waals surface area contributed by atoms with Crippen LogP contribution in [0.25, 0.3) is 0 Å². The Hall–Kier alpha value is -4.76. The molecular weight excluding hydrogens is 842 g/mol. The van der Waals surface area contributed by atoms with Gasteiger partial charge in [0.25, 0.3) is 6.47 Å². The number of rotatable bonds is 29. The average molecular weight is 903 g/mol. The fourth-order valence-corrected chi connectivity index (χ4v) is 7.93. The van der Waals surface area contributed by atoms with Crippen molar-refractivity contribution in [1.82, 2.24) is 0 Å². The Balaban J connectivity index is 0.000000782. The summed E-state index contributed by atoms with van der Waals surface area (Å²) in [5.41, 5.74) is -0.00260. The highest BCUT2D eigenvalue weighted by Gasteiger charge is 2.38. The van der Waals surface area contributed by atoms with Crippen LogP contribution in [0, 0.1) is 11.8 Å². The zero-order chi connectivity index (χ0) is 45.7. The largest absolute Gasteiger partial charge is 0.469 e. The van der Waals surface area contributed by atoms with Gasteiger partial charge in [-0.3, -0.25) is 23.7 Å². The molecule has 0 saturated heterocycles. The van der Waals surface area contributed by atoms with Crippen molar-refractivity contribution in [3.8, 4) is 11.5 Å². The molecule has 342 valence electrons. The lowest BCUT2D eigenvalue weighted by Gasteiger charge is -2.25. The summed E-state index contributed by atoms with van der Waals surface area (Å²) in [6, 6.07) is 12.0. The molecule has 0 radical (unpaired) electrons. The number of hydrogen-bond donors (Lipinski definition) is 2. The molecule has 18 nitrogen and oxygen atoms in total. The van der Waals surface area contributed by atoms with Gasteiger partial charge in [0.05, 0.1) is 64.3 Å². The minimum atomic E-state index is -4.39. The van der Waals surface area contributed by atoms with Gasteiger partial charge in [0.1, 0.15) is 22.6 Å². The summed E-state index contributed by atoms with van der Waals surface area (Å²) in [6.45, 7) is 8.49. The van der Waals surface area contributed by atoms with E-state index in [9.17, 15) is 37.9 Å². The van der Waals surface area contributed by atoms with Crippen LogP contribution in [0.1, 0.15) is 106 Å². The fourth-order valence-electron chi connectivity index (χ4n) is 5.05. The number of para-hydroxylation sites is 2. The molecule has 0 heterocycles. The highest BCUT2D eigenvalue weighted by molar-refractivity contribution is 7.54. The molecular formula is C41H60O18P2. The van der Waals surface area contributed by atoms with E-state index < -0.39 is 69.2 Å². The molecule has 0 aliphatic heterocycles. The first kappa shape index (κ1) is 54.3.